The van der Waals surface area contributed by atoms with Crippen LogP contribution in [0.1, 0.15) is 21.5 Å². The minimum atomic E-state index is -0.357. The molecule has 0 aliphatic carbocycles. The lowest BCUT2D eigenvalue weighted by molar-refractivity contribution is 0.0952. The molecule has 5 nitrogen and oxygen atoms in total. The number of hydrogen-bond acceptors (Lipinski definition) is 4. The van der Waals surface area contributed by atoms with Gasteiger partial charge in [0.25, 0.3) is 5.91 Å². The maximum atomic E-state index is 12.0. The van der Waals surface area contributed by atoms with Gasteiger partial charge in [0, 0.05) is 5.56 Å². The van der Waals surface area contributed by atoms with Crippen LogP contribution in [0, 0.1) is 0 Å². The van der Waals surface area contributed by atoms with Crippen molar-refractivity contribution in [3.63, 3.8) is 0 Å². The Morgan fingerprint density at radius 2 is 1.95 bits per heavy atom. The standard InChI is InChI=1S/C16H16N2O3/c1-21-14-8-6-12(7-9-14)10-17-18-16(20)15-5-3-2-4-13(15)11-19/h2-10,19H,11H2,1H3,(H,18,20)/b17-10+. The van der Waals surface area contributed by atoms with Crippen molar-refractivity contribution in [1.29, 1.82) is 0 Å². The topological polar surface area (TPSA) is 70.9 Å². The number of ether oxygens (including phenoxy) is 1. The predicted molar refractivity (Wildman–Crippen MR) is 80.4 cm³/mol. The summed E-state index contributed by atoms with van der Waals surface area (Å²) in [5.74, 6) is 0.400. The van der Waals surface area contributed by atoms with Crippen LogP contribution in [0.2, 0.25) is 0 Å². The first-order chi connectivity index (χ1) is 10.2. The van der Waals surface area contributed by atoms with Gasteiger partial charge in [0.15, 0.2) is 0 Å². The average molecular weight is 284 g/mol. The zero-order valence-corrected chi connectivity index (χ0v) is 11.6. The number of aliphatic hydroxyl groups excluding tert-OH is 1. The number of benzene rings is 2. The maximum Gasteiger partial charge on any atom is 0.271 e. The first-order valence-corrected chi connectivity index (χ1v) is 6.41. The fourth-order valence-electron chi connectivity index (χ4n) is 1.80. The van der Waals surface area contributed by atoms with E-state index >= 15 is 0 Å². The molecule has 0 bridgehead atoms. The molecule has 108 valence electrons. The third-order valence-corrected chi connectivity index (χ3v) is 2.93. The Hall–Kier alpha value is -2.66. The Kier molecular flexibility index (Phi) is 5.06. The number of methoxy groups -OCH3 is 1. The maximum absolute atomic E-state index is 12.0. The van der Waals surface area contributed by atoms with Gasteiger partial charge in [0.2, 0.25) is 0 Å². The highest BCUT2D eigenvalue weighted by molar-refractivity contribution is 5.96. The van der Waals surface area contributed by atoms with E-state index in [0.717, 1.165) is 11.3 Å². The van der Waals surface area contributed by atoms with E-state index < -0.39 is 0 Å². The van der Waals surface area contributed by atoms with E-state index in [-0.39, 0.29) is 12.5 Å². The van der Waals surface area contributed by atoms with Crippen molar-refractivity contribution in [3.8, 4) is 5.75 Å². The van der Waals surface area contributed by atoms with Crippen molar-refractivity contribution in [2.24, 2.45) is 5.10 Å². The molecule has 0 atom stereocenters. The van der Waals surface area contributed by atoms with Crippen LogP contribution in [0.25, 0.3) is 0 Å². The number of carbonyl (C=O) groups excluding carboxylic acids is 1. The molecule has 0 aliphatic rings. The molecule has 0 fully saturated rings. The zero-order chi connectivity index (χ0) is 15.1. The summed E-state index contributed by atoms with van der Waals surface area (Å²) in [5, 5.41) is 13.1. The molecule has 5 heteroatoms. The Morgan fingerprint density at radius 3 is 2.62 bits per heavy atom. The van der Waals surface area contributed by atoms with Crippen molar-refractivity contribution < 1.29 is 14.6 Å². The van der Waals surface area contributed by atoms with E-state index in [2.05, 4.69) is 10.5 Å². The number of nitrogens with zero attached hydrogens (tertiary/aromatic N) is 1. The van der Waals surface area contributed by atoms with E-state index in [4.69, 9.17) is 4.74 Å². The molecule has 0 saturated carbocycles. The molecule has 0 heterocycles. The van der Waals surface area contributed by atoms with Gasteiger partial charge in [-0.15, -0.1) is 0 Å². The van der Waals surface area contributed by atoms with Gasteiger partial charge in [-0.3, -0.25) is 4.79 Å². The molecule has 2 N–H and O–H groups in total. The number of rotatable bonds is 5. The molecule has 21 heavy (non-hydrogen) atoms. The summed E-state index contributed by atoms with van der Waals surface area (Å²) in [4.78, 5) is 12.0. The van der Waals surface area contributed by atoms with Crippen molar-refractivity contribution in [1.82, 2.24) is 5.43 Å². The zero-order valence-electron chi connectivity index (χ0n) is 11.6. The van der Waals surface area contributed by atoms with E-state index in [1.54, 1.807) is 37.6 Å². The fourth-order valence-corrected chi connectivity index (χ4v) is 1.80. The molecular weight excluding hydrogens is 268 g/mol. The molecule has 2 aromatic rings. The lowest BCUT2D eigenvalue weighted by atomic mass is 10.1. The summed E-state index contributed by atoms with van der Waals surface area (Å²) in [5.41, 5.74) is 4.25. The van der Waals surface area contributed by atoms with E-state index in [1.807, 2.05) is 24.3 Å². The van der Waals surface area contributed by atoms with Crippen molar-refractivity contribution >= 4 is 12.1 Å². The van der Waals surface area contributed by atoms with Crippen LogP contribution in [-0.2, 0) is 6.61 Å². The van der Waals surface area contributed by atoms with Crippen molar-refractivity contribution in [2.75, 3.05) is 7.11 Å². The molecule has 0 aromatic heterocycles. The smallest absolute Gasteiger partial charge is 0.271 e. The molecule has 1 amide bonds. The normalized spacial score (nSPS) is 10.6. The van der Waals surface area contributed by atoms with Gasteiger partial charge in [-0.05, 0) is 41.5 Å². The summed E-state index contributed by atoms with van der Waals surface area (Å²) in [6, 6.07) is 14.1. The Morgan fingerprint density at radius 1 is 1.24 bits per heavy atom. The third-order valence-electron chi connectivity index (χ3n) is 2.93. The molecule has 0 spiro atoms. The van der Waals surface area contributed by atoms with Gasteiger partial charge in [0.1, 0.15) is 5.75 Å². The van der Waals surface area contributed by atoms with Gasteiger partial charge >= 0.3 is 0 Å². The van der Waals surface area contributed by atoms with Crippen LogP contribution in [0.15, 0.2) is 53.6 Å². The lowest BCUT2D eigenvalue weighted by Gasteiger charge is -2.04. The molecule has 2 rings (SSSR count). The van der Waals surface area contributed by atoms with Crippen LogP contribution in [-0.4, -0.2) is 24.3 Å². The van der Waals surface area contributed by atoms with Crippen LogP contribution >= 0.6 is 0 Å². The van der Waals surface area contributed by atoms with Gasteiger partial charge in [-0.25, -0.2) is 5.43 Å². The molecule has 0 radical (unpaired) electrons. The second-order valence-corrected chi connectivity index (χ2v) is 4.29. The second kappa shape index (κ2) is 7.21. The van der Waals surface area contributed by atoms with Gasteiger partial charge < -0.3 is 9.84 Å². The molecular formula is C16H16N2O3. The minimum absolute atomic E-state index is 0.189. The first-order valence-electron chi connectivity index (χ1n) is 6.41. The van der Waals surface area contributed by atoms with Gasteiger partial charge in [0.05, 0.1) is 19.9 Å². The Balaban J connectivity index is 2.01. The van der Waals surface area contributed by atoms with Gasteiger partial charge in [-0.1, -0.05) is 18.2 Å². The highest BCUT2D eigenvalue weighted by atomic mass is 16.5. The largest absolute Gasteiger partial charge is 0.497 e. The minimum Gasteiger partial charge on any atom is -0.497 e. The third kappa shape index (κ3) is 3.90. The number of amides is 1. The monoisotopic (exact) mass is 284 g/mol. The number of hydrogen-bond donors (Lipinski definition) is 2. The lowest BCUT2D eigenvalue weighted by Crippen LogP contribution is -2.19. The Bertz CT molecular complexity index is 636. The number of hydrazone groups is 1. The average Bonchev–Trinajstić information content (AvgIpc) is 2.55. The second-order valence-electron chi connectivity index (χ2n) is 4.29. The Labute approximate surface area is 122 Å². The first kappa shape index (κ1) is 14.7. The SMILES string of the molecule is COc1ccc(/C=N/NC(=O)c2ccccc2CO)cc1. The van der Waals surface area contributed by atoms with Crippen molar-refractivity contribution in [2.45, 2.75) is 6.61 Å². The fraction of sp³-hybridized carbons (Fsp3) is 0.125. The van der Waals surface area contributed by atoms with Gasteiger partial charge in [-0.2, -0.15) is 5.10 Å². The van der Waals surface area contributed by atoms with E-state index in [9.17, 15) is 9.90 Å². The summed E-state index contributed by atoms with van der Waals surface area (Å²) in [7, 11) is 1.60. The number of carbonyl (C=O) groups is 1. The molecule has 2 aromatic carbocycles. The summed E-state index contributed by atoms with van der Waals surface area (Å²) >= 11 is 0. The summed E-state index contributed by atoms with van der Waals surface area (Å²) in [6.07, 6.45) is 1.54. The van der Waals surface area contributed by atoms with E-state index in [0.29, 0.717) is 11.1 Å². The molecule has 0 unspecified atom stereocenters. The van der Waals surface area contributed by atoms with Crippen LogP contribution in [0.4, 0.5) is 0 Å². The van der Waals surface area contributed by atoms with Crippen LogP contribution in [0.5, 0.6) is 5.75 Å². The van der Waals surface area contributed by atoms with Crippen molar-refractivity contribution in [3.05, 3.63) is 65.2 Å². The van der Waals surface area contributed by atoms with Crippen LogP contribution in [0.3, 0.4) is 0 Å². The number of aliphatic hydroxyl groups is 1. The van der Waals surface area contributed by atoms with Crippen LogP contribution < -0.4 is 10.2 Å². The molecule has 0 saturated heterocycles. The predicted octanol–water partition coefficient (Wildman–Crippen LogP) is 1.95. The quantitative estimate of drug-likeness (QED) is 0.651. The van der Waals surface area contributed by atoms with E-state index in [1.165, 1.54) is 0 Å². The molecule has 0 aliphatic heterocycles. The summed E-state index contributed by atoms with van der Waals surface area (Å²) < 4.78 is 5.06. The number of nitrogens with one attached hydrogen (secondary N) is 1. The highest BCUT2D eigenvalue weighted by Crippen LogP contribution is 2.10. The highest BCUT2D eigenvalue weighted by Gasteiger charge is 2.08. The summed E-state index contributed by atoms with van der Waals surface area (Å²) in [6.45, 7) is -0.189.